The van der Waals surface area contributed by atoms with Crippen molar-refractivity contribution in [1.29, 1.82) is 5.26 Å². The van der Waals surface area contributed by atoms with Crippen molar-refractivity contribution in [2.24, 2.45) is 5.73 Å². The van der Waals surface area contributed by atoms with Crippen molar-refractivity contribution in [3.05, 3.63) is 21.9 Å². The van der Waals surface area contributed by atoms with Gasteiger partial charge in [0.05, 0.1) is 0 Å². The van der Waals surface area contributed by atoms with Gasteiger partial charge >= 0.3 is 5.97 Å². The number of nitrogens with two attached hydrogens (primary N) is 1. The Labute approximate surface area is 164 Å². The summed E-state index contributed by atoms with van der Waals surface area (Å²) in [6.45, 7) is 5.40. The van der Waals surface area contributed by atoms with Crippen LogP contribution in [0.25, 0.3) is 0 Å². The lowest BCUT2D eigenvalue weighted by Gasteiger charge is -2.49. The molecule has 2 amide bonds. The number of aryl methyl sites for hydroxylation is 1. The number of thiophene rings is 1. The first-order chi connectivity index (χ1) is 12.6. The van der Waals surface area contributed by atoms with Gasteiger partial charge in [0.1, 0.15) is 23.5 Å². The highest BCUT2D eigenvalue weighted by Gasteiger charge is 2.73. The van der Waals surface area contributed by atoms with Crippen LogP contribution in [0.2, 0.25) is 0 Å². The van der Waals surface area contributed by atoms with Gasteiger partial charge in [0.25, 0.3) is 5.91 Å². The van der Waals surface area contributed by atoms with E-state index in [1.165, 1.54) is 28.0 Å². The van der Waals surface area contributed by atoms with Crippen molar-refractivity contribution in [1.82, 2.24) is 10.2 Å². The van der Waals surface area contributed by atoms with Crippen LogP contribution in [-0.2, 0) is 20.8 Å². The van der Waals surface area contributed by atoms with Gasteiger partial charge < -0.3 is 21.1 Å². The first-order valence-electron chi connectivity index (χ1n) is 8.40. The third-order valence-electron chi connectivity index (χ3n) is 4.90. The Morgan fingerprint density at radius 2 is 2.15 bits per heavy atom. The summed E-state index contributed by atoms with van der Waals surface area (Å²) in [6, 6.07) is 3.48. The molecule has 1 unspecified atom stereocenters. The summed E-state index contributed by atoms with van der Waals surface area (Å²) in [6.07, 6.45) is 0.818. The zero-order chi connectivity index (χ0) is 20.1. The molecular weight excluding hydrogens is 388 g/mol. The topological polar surface area (TPSA) is 137 Å². The van der Waals surface area contributed by atoms with E-state index in [2.05, 4.69) is 5.32 Å². The zero-order valence-electron chi connectivity index (χ0n) is 15.1. The average molecular weight is 409 g/mol. The number of hydrogen-bond donors (Lipinski definition) is 3. The number of fused-ring (bicyclic) bond motifs is 1. The van der Waals surface area contributed by atoms with Gasteiger partial charge in [0.2, 0.25) is 11.4 Å². The molecule has 2 aliphatic rings. The third kappa shape index (κ3) is 2.81. The van der Waals surface area contributed by atoms with E-state index in [-0.39, 0.29) is 0 Å². The summed E-state index contributed by atoms with van der Waals surface area (Å²) < 4.78 is -0.790. The van der Waals surface area contributed by atoms with Crippen LogP contribution in [0.4, 0.5) is 0 Å². The number of thioether (sulfide) groups is 1. The maximum atomic E-state index is 12.7. The molecule has 0 aromatic carbocycles. The second-order valence-corrected chi connectivity index (χ2v) is 10.0. The van der Waals surface area contributed by atoms with Gasteiger partial charge in [-0.05, 0) is 32.4 Å². The summed E-state index contributed by atoms with van der Waals surface area (Å²) >= 11 is 2.60. The predicted octanol–water partition coefficient (Wildman–Crippen LogP) is 0.836. The number of amides is 2. The number of carboxylic acids is 1. The molecule has 10 heteroatoms. The van der Waals surface area contributed by atoms with E-state index in [9.17, 15) is 24.8 Å². The molecule has 1 aromatic heterocycles. The maximum Gasteiger partial charge on any atom is 0.327 e. The Morgan fingerprint density at radius 1 is 1.48 bits per heavy atom. The highest BCUT2D eigenvalue weighted by molar-refractivity contribution is 8.01. The van der Waals surface area contributed by atoms with Gasteiger partial charge in [-0.15, -0.1) is 23.1 Å². The SMILES string of the molecule is CCc1ccc(C(N)C(=O)N[C@@]2(C#N)C(=O)N3[C@@H](C(=O)O)C(C)(C)S[C@@H]32)s1. The van der Waals surface area contributed by atoms with Crippen LogP contribution in [-0.4, -0.2) is 49.5 Å². The van der Waals surface area contributed by atoms with E-state index in [1.54, 1.807) is 19.9 Å². The van der Waals surface area contributed by atoms with Crippen LogP contribution in [0.3, 0.4) is 0 Å². The molecule has 27 heavy (non-hydrogen) atoms. The van der Waals surface area contributed by atoms with Crippen molar-refractivity contribution >= 4 is 40.9 Å². The number of carboxylic acid groups (broad SMARTS) is 1. The molecule has 0 bridgehead atoms. The highest BCUT2D eigenvalue weighted by Crippen LogP contribution is 2.54. The molecule has 4 atom stereocenters. The van der Waals surface area contributed by atoms with Crippen molar-refractivity contribution in [3.8, 4) is 6.07 Å². The first-order valence-corrected chi connectivity index (χ1v) is 10.1. The highest BCUT2D eigenvalue weighted by atomic mass is 32.2. The molecule has 2 aliphatic heterocycles. The smallest absolute Gasteiger partial charge is 0.327 e. The van der Waals surface area contributed by atoms with Gasteiger partial charge in [0, 0.05) is 14.5 Å². The standard InChI is InChI=1S/C17H20N4O4S2/c1-4-8-5-6-9(26-8)10(19)12(22)20-17(7-18)14(25)21-11(13(23)24)16(2,3)27-15(17)21/h5-6,10-11,15H,4,19H2,1-3H3,(H,20,22)(H,23,24)/t10?,11-,15+,17-/m0/s1. The van der Waals surface area contributed by atoms with Crippen LogP contribution in [0.15, 0.2) is 12.1 Å². The molecule has 144 valence electrons. The molecular formula is C17H20N4O4S2. The number of nitrogens with zero attached hydrogens (tertiary/aromatic N) is 2. The minimum atomic E-state index is -1.80. The van der Waals surface area contributed by atoms with E-state index in [1.807, 2.05) is 19.1 Å². The largest absolute Gasteiger partial charge is 0.480 e. The molecule has 0 radical (unpaired) electrons. The molecule has 3 rings (SSSR count). The predicted molar refractivity (Wildman–Crippen MR) is 101 cm³/mol. The van der Waals surface area contributed by atoms with Crippen LogP contribution in [0.5, 0.6) is 0 Å². The number of nitriles is 1. The Hall–Kier alpha value is -2.09. The van der Waals surface area contributed by atoms with E-state index in [0.29, 0.717) is 4.88 Å². The van der Waals surface area contributed by atoms with Crippen LogP contribution >= 0.6 is 23.1 Å². The summed E-state index contributed by atoms with van der Waals surface area (Å²) in [5.41, 5.74) is 4.22. The van der Waals surface area contributed by atoms with Gasteiger partial charge in [-0.2, -0.15) is 5.26 Å². The molecule has 2 saturated heterocycles. The number of hydrogen-bond acceptors (Lipinski definition) is 7. The third-order valence-corrected chi connectivity index (χ3v) is 7.84. The van der Waals surface area contributed by atoms with Gasteiger partial charge in [-0.25, -0.2) is 4.79 Å². The van der Waals surface area contributed by atoms with Crippen molar-refractivity contribution in [2.45, 2.75) is 54.9 Å². The molecule has 0 saturated carbocycles. The molecule has 3 heterocycles. The van der Waals surface area contributed by atoms with Gasteiger partial charge in [-0.3, -0.25) is 9.59 Å². The van der Waals surface area contributed by atoms with Gasteiger partial charge in [0.15, 0.2) is 0 Å². The second kappa shape index (κ2) is 6.51. The second-order valence-electron chi connectivity index (χ2n) is 7.07. The number of rotatable bonds is 5. The molecule has 0 aliphatic carbocycles. The van der Waals surface area contributed by atoms with Crippen LogP contribution in [0, 0.1) is 11.3 Å². The lowest BCUT2D eigenvalue weighted by molar-refractivity contribution is -0.165. The number of β-lactam (4-membered cyclic amide) rings is 1. The van der Waals surface area contributed by atoms with E-state index < -0.39 is 45.5 Å². The number of aliphatic carboxylic acids is 1. The summed E-state index contributed by atoms with van der Waals surface area (Å²) in [5, 5.41) is 20.9. The average Bonchev–Trinajstić information content (AvgIpc) is 3.19. The Morgan fingerprint density at radius 3 is 2.67 bits per heavy atom. The summed E-state index contributed by atoms with van der Waals surface area (Å²) in [5.74, 6) is -2.48. The quantitative estimate of drug-likeness (QED) is 0.614. The molecule has 4 N–H and O–H groups in total. The molecule has 1 aromatic rings. The van der Waals surface area contributed by atoms with Crippen molar-refractivity contribution in [2.75, 3.05) is 0 Å². The normalized spacial score (nSPS) is 29.4. The number of nitrogens with one attached hydrogen (secondary N) is 1. The summed E-state index contributed by atoms with van der Waals surface area (Å²) in [7, 11) is 0. The van der Waals surface area contributed by atoms with E-state index >= 15 is 0 Å². The summed E-state index contributed by atoms with van der Waals surface area (Å²) in [4.78, 5) is 39.8. The fourth-order valence-corrected chi connectivity index (χ4v) is 6.05. The van der Waals surface area contributed by atoms with E-state index in [4.69, 9.17) is 5.73 Å². The van der Waals surface area contributed by atoms with Crippen LogP contribution in [0.1, 0.15) is 36.6 Å². The maximum absolute atomic E-state index is 12.7. The Kier molecular flexibility index (Phi) is 4.74. The monoisotopic (exact) mass is 408 g/mol. The fourth-order valence-electron chi connectivity index (χ4n) is 3.46. The Bertz CT molecular complexity index is 861. The minimum Gasteiger partial charge on any atom is -0.480 e. The van der Waals surface area contributed by atoms with Crippen LogP contribution < -0.4 is 11.1 Å². The lowest BCUT2D eigenvalue weighted by Crippen LogP contribution is -2.79. The molecule has 8 nitrogen and oxygen atoms in total. The van der Waals surface area contributed by atoms with Gasteiger partial charge in [-0.1, -0.05) is 6.92 Å². The lowest BCUT2D eigenvalue weighted by atomic mass is 9.85. The number of carbonyl (C=O) groups excluding carboxylic acids is 2. The minimum absolute atomic E-state index is 0.633. The van der Waals surface area contributed by atoms with Crippen molar-refractivity contribution < 1.29 is 19.5 Å². The van der Waals surface area contributed by atoms with E-state index in [0.717, 1.165) is 11.3 Å². The van der Waals surface area contributed by atoms with Crippen molar-refractivity contribution in [3.63, 3.8) is 0 Å². The number of carbonyl (C=O) groups is 3. The fraction of sp³-hybridized carbons (Fsp3) is 0.529. The molecule has 0 spiro atoms. The Balaban J connectivity index is 1.83. The first kappa shape index (κ1) is 19.7. The molecule has 2 fully saturated rings. The zero-order valence-corrected chi connectivity index (χ0v) is 16.7.